The molecule has 0 radical (unpaired) electrons. The van der Waals surface area contributed by atoms with Crippen LogP contribution in [0.25, 0.3) is 0 Å². The van der Waals surface area contributed by atoms with Gasteiger partial charge in [0.1, 0.15) is 11.4 Å². The lowest BCUT2D eigenvalue weighted by atomic mass is 9.57. The van der Waals surface area contributed by atoms with E-state index in [-0.39, 0.29) is 23.5 Å². The van der Waals surface area contributed by atoms with Crippen LogP contribution in [0.15, 0.2) is 28.4 Å². The predicted octanol–water partition coefficient (Wildman–Crippen LogP) is 4.39. The molecule has 1 aromatic carbocycles. The monoisotopic (exact) mass is 489 g/mol. The van der Waals surface area contributed by atoms with E-state index in [1.54, 1.807) is 9.80 Å². The first-order valence-electron chi connectivity index (χ1n) is 11.4. The average Bonchev–Trinajstić information content (AvgIpc) is 2.88. The van der Waals surface area contributed by atoms with Crippen LogP contribution in [-0.2, 0) is 16.0 Å². The maximum Gasteiger partial charge on any atom is 0.410 e. The van der Waals surface area contributed by atoms with Gasteiger partial charge in [-0.05, 0) is 57.4 Å². The number of benzene rings is 1. The van der Waals surface area contributed by atoms with Crippen LogP contribution in [0.5, 0.6) is 0 Å². The summed E-state index contributed by atoms with van der Waals surface area (Å²) >= 11 is 6.27. The first kappa shape index (κ1) is 24.3. The van der Waals surface area contributed by atoms with Gasteiger partial charge in [-0.2, -0.15) is 5.10 Å². The van der Waals surface area contributed by atoms with Gasteiger partial charge in [0, 0.05) is 54.9 Å². The second kappa shape index (κ2) is 9.09. The summed E-state index contributed by atoms with van der Waals surface area (Å²) in [6.07, 6.45) is 1.17. The smallest absolute Gasteiger partial charge is 0.410 e. The van der Waals surface area contributed by atoms with Gasteiger partial charge in [-0.1, -0.05) is 11.6 Å². The van der Waals surface area contributed by atoms with Crippen LogP contribution in [0.2, 0.25) is 5.02 Å². The minimum absolute atomic E-state index is 0.0935. The Labute approximate surface area is 205 Å². The van der Waals surface area contributed by atoms with Crippen LogP contribution in [-0.4, -0.2) is 73.4 Å². The van der Waals surface area contributed by atoms with Crippen LogP contribution >= 0.6 is 11.6 Å². The molecule has 9 nitrogen and oxygen atoms in total. The minimum Gasteiger partial charge on any atom is -0.453 e. The van der Waals surface area contributed by atoms with Gasteiger partial charge in [0.15, 0.2) is 0 Å². The molecule has 4 rings (SSSR count). The molecule has 2 fully saturated rings. The highest BCUT2D eigenvalue weighted by Crippen LogP contribution is 2.53. The molecule has 1 spiro atoms. The molecule has 0 N–H and O–H groups in total. The molecule has 0 bridgehead atoms. The third kappa shape index (κ3) is 4.85. The van der Waals surface area contributed by atoms with Crippen molar-refractivity contribution >= 4 is 42.0 Å². The number of hydrogen-bond donors (Lipinski definition) is 0. The molecule has 0 atom stereocenters. The van der Waals surface area contributed by atoms with E-state index in [1.807, 2.05) is 39.0 Å². The number of rotatable bonds is 2. The van der Waals surface area contributed by atoms with Crippen molar-refractivity contribution in [1.29, 1.82) is 0 Å². The average molecular weight is 490 g/mol. The molecule has 3 aliphatic rings. The zero-order chi connectivity index (χ0) is 24.7. The first-order chi connectivity index (χ1) is 16.0. The van der Waals surface area contributed by atoms with Crippen LogP contribution in [0.1, 0.15) is 39.2 Å². The fraction of sp³-hybridized carbons (Fsp3) is 0.583. The van der Waals surface area contributed by atoms with Crippen molar-refractivity contribution in [2.45, 2.75) is 45.8 Å². The van der Waals surface area contributed by atoms with Gasteiger partial charge in [-0.15, -0.1) is 5.10 Å². The Morgan fingerprint density at radius 3 is 2.47 bits per heavy atom. The van der Waals surface area contributed by atoms with E-state index in [1.165, 1.54) is 7.11 Å². The summed E-state index contributed by atoms with van der Waals surface area (Å²) in [5, 5.41) is 8.90. The van der Waals surface area contributed by atoms with Gasteiger partial charge in [0.05, 0.1) is 13.7 Å². The van der Waals surface area contributed by atoms with Gasteiger partial charge >= 0.3 is 12.2 Å². The van der Waals surface area contributed by atoms with E-state index in [2.05, 4.69) is 21.8 Å². The highest BCUT2D eigenvalue weighted by atomic mass is 35.5. The number of carbonyl (C=O) groups is 2. The molecule has 0 unspecified atom stereocenters. The summed E-state index contributed by atoms with van der Waals surface area (Å²) < 4.78 is 10.4. The molecule has 10 heteroatoms. The summed E-state index contributed by atoms with van der Waals surface area (Å²) in [6.45, 7) is 12.0. The van der Waals surface area contributed by atoms with E-state index >= 15 is 0 Å². The lowest BCUT2D eigenvalue weighted by Gasteiger charge is -2.59. The molecular weight excluding hydrogens is 458 g/mol. The van der Waals surface area contributed by atoms with E-state index in [9.17, 15) is 9.59 Å². The number of fused-ring (bicyclic) bond motifs is 1. The van der Waals surface area contributed by atoms with Gasteiger partial charge in [0.2, 0.25) is 0 Å². The third-order valence-electron chi connectivity index (χ3n) is 6.60. The fourth-order valence-corrected chi connectivity index (χ4v) is 5.36. The Hall–Kier alpha value is -2.81. The van der Waals surface area contributed by atoms with Crippen molar-refractivity contribution in [3.05, 3.63) is 28.8 Å². The molecule has 1 saturated heterocycles. The van der Waals surface area contributed by atoms with Gasteiger partial charge in [0.25, 0.3) is 0 Å². The van der Waals surface area contributed by atoms with Gasteiger partial charge < -0.3 is 24.2 Å². The molecule has 2 aliphatic heterocycles. The van der Waals surface area contributed by atoms with Crippen LogP contribution < -0.4 is 4.90 Å². The highest BCUT2D eigenvalue weighted by molar-refractivity contribution is 6.30. The largest absolute Gasteiger partial charge is 0.453 e. The topological polar surface area (TPSA) is 87.0 Å². The Balaban J connectivity index is 1.49. The standard InChI is InChI=1S/C24H32ClN5O4/c1-23(2,3)34-22(32)29-14-24(15-29)11-17(12-24)20(27-26-4)30-9-8-28(21(31)33-5)13-16-10-18(25)6-7-19(16)30/h6-7,10,17H,4,8-9,11-15H2,1-3,5H3/b27-20-. The molecule has 2 heterocycles. The van der Waals surface area contributed by atoms with Crippen molar-refractivity contribution < 1.29 is 19.1 Å². The highest BCUT2D eigenvalue weighted by Gasteiger charge is 2.56. The van der Waals surface area contributed by atoms with E-state index in [4.69, 9.17) is 21.1 Å². The zero-order valence-corrected chi connectivity index (χ0v) is 21.0. The lowest BCUT2D eigenvalue weighted by molar-refractivity contribution is -0.0816. The number of nitrogens with zero attached hydrogens (tertiary/aromatic N) is 5. The number of amides is 2. The summed E-state index contributed by atoms with van der Waals surface area (Å²) in [5.41, 5.74) is 1.46. The van der Waals surface area contributed by atoms with Crippen LogP contribution in [0.3, 0.4) is 0 Å². The maximum atomic E-state index is 12.3. The lowest BCUT2D eigenvalue weighted by Crippen LogP contribution is -2.66. The number of likely N-dealkylation sites (tertiary alicyclic amines) is 1. The Morgan fingerprint density at radius 1 is 1.15 bits per heavy atom. The second-order valence-corrected chi connectivity index (χ2v) is 10.8. The first-order valence-corrected chi connectivity index (χ1v) is 11.8. The molecule has 34 heavy (non-hydrogen) atoms. The quantitative estimate of drug-likeness (QED) is 0.349. The number of methoxy groups -OCH3 is 1. The van der Waals surface area contributed by atoms with Crippen molar-refractivity contribution in [2.75, 3.05) is 38.2 Å². The molecular formula is C24H32ClN5O4. The van der Waals surface area contributed by atoms with Crippen molar-refractivity contribution in [3.8, 4) is 0 Å². The fourth-order valence-electron chi connectivity index (χ4n) is 5.17. The summed E-state index contributed by atoms with van der Waals surface area (Å²) in [5.74, 6) is 1.01. The van der Waals surface area contributed by atoms with Crippen molar-refractivity contribution in [1.82, 2.24) is 9.80 Å². The molecule has 2 amide bonds. The second-order valence-electron chi connectivity index (χ2n) is 10.4. The SMILES string of the molecule is C=N/N=C(/C1CC2(C1)CN(C(=O)OC(C)(C)C)C2)N1CCN(C(=O)OC)Cc2cc(Cl)ccc21. The number of amidine groups is 1. The summed E-state index contributed by atoms with van der Waals surface area (Å²) in [7, 11) is 1.38. The van der Waals surface area contributed by atoms with Crippen molar-refractivity contribution in [2.24, 2.45) is 21.5 Å². The number of anilines is 1. The summed E-state index contributed by atoms with van der Waals surface area (Å²) in [6, 6.07) is 5.67. The molecule has 0 aromatic heterocycles. The molecule has 1 aromatic rings. The predicted molar refractivity (Wildman–Crippen MR) is 132 cm³/mol. The third-order valence-corrected chi connectivity index (χ3v) is 6.83. The van der Waals surface area contributed by atoms with Crippen LogP contribution in [0, 0.1) is 11.3 Å². The molecule has 1 saturated carbocycles. The molecule has 1 aliphatic carbocycles. The Kier molecular flexibility index (Phi) is 6.50. The maximum absolute atomic E-state index is 12.3. The minimum atomic E-state index is -0.501. The van der Waals surface area contributed by atoms with Gasteiger partial charge in [-0.25, -0.2) is 9.59 Å². The van der Waals surface area contributed by atoms with Gasteiger partial charge in [-0.3, -0.25) is 0 Å². The number of halogens is 1. The molecule has 184 valence electrons. The van der Waals surface area contributed by atoms with E-state index < -0.39 is 5.60 Å². The van der Waals surface area contributed by atoms with Crippen molar-refractivity contribution in [3.63, 3.8) is 0 Å². The van der Waals surface area contributed by atoms with E-state index in [0.717, 1.165) is 29.9 Å². The zero-order valence-electron chi connectivity index (χ0n) is 20.2. The van der Waals surface area contributed by atoms with Crippen LogP contribution in [0.4, 0.5) is 15.3 Å². The number of carbonyl (C=O) groups excluding carboxylic acids is 2. The normalized spacial score (nSPS) is 20.1. The number of ether oxygens (including phenoxy) is 2. The Bertz CT molecular complexity index is 1010. The summed E-state index contributed by atoms with van der Waals surface area (Å²) in [4.78, 5) is 30.2. The number of hydrogen-bond acceptors (Lipinski definition) is 6. The Morgan fingerprint density at radius 2 is 1.85 bits per heavy atom. The van der Waals surface area contributed by atoms with E-state index in [0.29, 0.717) is 37.7 Å².